The summed E-state index contributed by atoms with van der Waals surface area (Å²) in [6, 6.07) is 7.88. The molecule has 1 aromatic carbocycles. The van der Waals surface area contributed by atoms with Gasteiger partial charge in [-0.2, -0.15) is 0 Å². The fraction of sp³-hybridized carbons (Fsp3) is 0.400. The zero-order valence-corrected chi connectivity index (χ0v) is 11.4. The Hall–Kier alpha value is 0.396. The molecule has 0 aliphatic rings. The lowest BCUT2D eigenvalue weighted by molar-refractivity contribution is 0.590. The highest BCUT2D eigenvalue weighted by molar-refractivity contribution is 8.93. The van der Waals surface area contributed by atoms with Crippen LogP contribution >= 0.6 is 17.0 Å². The van der Waals surface area contributed by atoms with E-state index < -0.39 is 20.9 Å². The Morgan fingerprint density at radius 1 is 1.08 bits per heavy atom. The molecule has 0 amide bonds. The van der Waals surface area contributed by atoms with Gasteiger partial charge in [-0.1, -0.05) is 45.0 Å². The van der Waals surface area contributed by atoms with Crippen molar-refractivity contribution in [1.82, 2.24) is 0 Å². The molecule has 1 aromatic rings. The van der Waals surface area contributed by atoms with Crippen LogP contribution in [0.1, 0.15) is 26.3 Å². The Kier molecular flexibility index (Phi) is 5.48. The Morgan fingerprint density at radius 2 is 1.54 bits per heavy atom. The van der Waals surface area contributed by atoms with Crippen molar-refractivity contribution in [3.63, 3.8) is 0 Å². The quantitative estimate of drug-likeness (QED) is 0.679. The first-order valence-electron chi connectivity index (χ1n) is 4.19. The predicted molar refractivity (Wildman–Crippen MR) is 62.0 cm³/mol. The molecule has 0 bridgehead atoms. The highest BCUT2D eigenvalue weighted by atomic mass is 79.9. The third-order valence-corrected chi connectivity index (χ3v) is 2.75. The van der Waals surface area contributed by atoms with Crippen molar-refractivity contribution in [2.24, 2.45) is 0 Å². The first kappa shape index (κ1) is 13.4. The molecular weight excluding hydrogens is 243 g/mol. The van der Waals surface area contributed by atoms with E-state index in [1.165, 1.54) is 5.56 Å². The van der Waals surface area contributed by atoms with Gasteiger partial charge in [0.15, 0.2) is 0 Å². The Balaban J connectivity index is 0.00000144. The van der Waals surface area contributed by atoms with Crippen LogP contribution in [0, 0.1) is 0 Å². The van der Waals surface area contributed by atoms with Crippen LogP contribution in [-0.4, -0.2) is 20.9 Å². The predicted octanol–water partition coefficient (Wildman–Crippen LogP) is 2.78. The topological polar surface area (TPSA) is 0 Å². The molecule has 0 fully saturated rings. The lowest BCUT2D eigenvalue weighted by Gasteiger charge is -2.18. The van der Waals surface area contributed by atoms with Crippen LogP contribution < -0.4 is 3.69 Å². The van der Waals surface area contributed by atoms with Crippen molar-refractivity contribution in [3.05, 3.63) is 29.8 Å². The van der Waals surface area contributed by atoms with Gasteiger partial charge in [-0.25, -0.2) is 0 Å². The fourth-order valence-corrected chi connectivity index (χ4v) is 1.51. The zero-order chi connectivity index (χ0) is 9.19. The fourth-order valence-electron chi connectivity index (χ4n) is 1.09. The molecule has 0 N–H and O–H groups in total. The summed E-state index contributed by atoms with van der Waals surface area (Å²) in [5.74, 6) is 0. The summed E-state index contributed by atoms with van der Waals surface area (Å²) in [5, 5.41) is 0. The van der Waals surface area contributed by atoms with Crippen LogP contribution in [0.4, 0.5) is 2.96 Å². The van der Waals surface area contributed by atoms with E-state index in [0.29, 0.717) is 0 Å². The van der Waals surface area contributed by atoms with E-state index in [0.717, 1.165) is 3.69 Å². The minimum Gasteiger partial charge on any atom is -0.475 e. The van der Waals surface area contributed by atoms with Gasteiger partial charge in [0, 0.05) is 0 Å². The van der Waals surface area contributed by atoms with Gasteiger partial charge in [0.1, 0.15) is 0 Å². The molecule has 0 saturated carbocycles. The second-order valence-corrected chi connectivity index (χ2v) is 5.16. The van der Waals surface area contributed by atoms with Gasteiger partial charge >= 0.3 is 20.9 Å². The summed E-state index contributed by atoms with van der Waals surface area (Å²) in [7, 11) is 0. The number of hydrogen-bond acceptors (Lipinski definition) is 0. The zero-order valence-electron chi connectivity index (χ0n) is 8.30. The van der Waals surface area contributed by atoms with E-state index in [1.54, 1.807) is 0 Å². The summed E-state index contributed by atoms with van der Waals surface area (Å²) < 4.78 is 13.2. The molecule has 0 nitrogen and oxygen atoms in total. The smallest absolute Gasteiger partial charge is 0.475 e. The molecule has 3 heteroatoms. The van der Waals surface area contributed by atoms with Gasteiger partial charge < -0.3 is 2.96 Å². The molecule has 13 heavy (non-hydrogen) atoms. The number of benzene rings is 1. The summed E-state index contributed by atoms with van der Waals surface area (Å²) >= 11 is -1.47. The largest absolute Gasteiger partial charge is 0.652 e. The molecule has 0 aliphatic carbocycles. The molecule has 0 unspecified atom stereocenters. The standard InChI is InChI=1S/C10H13.BrH.FH.Mg/c1-10(2,3)9-7-5-4-6-8-9;;;/h5-8H,1-3H3;2*1H;/q;;;+1/p-1. The lowest BCUT2D eigenvalue weighted by Crippen LogP contribution is -2.14. The van der Waals surface area contributed by atoms with Crippen LogP contribution in [0.25, 0.3) is 0 Å². The first-order chi connectivity index (χ1) is 5.54. The van der Waals surface area contributed by atoms with Crippen molar-refractivity contribution >= 4 is 41.6 Å². The summed E-state index contributed by atoms with van der Waals surface area (Å²) in [4.78, 5) is 0. The molecule has 0 aliphatic heterocycles. The van der Waals surface area contributed by atoms with Crippen molar-refractivity contribution in [2.45, 2.75) is 26.2 Å². The molecule has 0 heterocycles. The van der Waals surface area contributed by atoms with Gasteiger partial charge in [-0.3, -0.25) is 0 Å². The highest BCUT2D eigenvalue weighted by Crippen LogP contribution is 2.20. The maximum Gasteiger partial charge on any atom is 0.652 e. The SMILES string of the molecule is Br.CC(C)(C)c1cc[c]([Mg][F])cc1. The second-order valence-electron chi connectivity index (χ2n) is 4.08. The van der Waals surface area contributed by atoms with Gasteiger partial charge in [-0.05, 0) is 11.0 Å². The van der Waals surface area contributed by atoms with Crippen molar-refractivity contribution in [1.29, 1.82) is 0 Å². The molecule has 0 atom stereocenters. The normalized spacial score (nSPS) is 10.2. The van der Waals surface area contributed by atoms with Crippen LogP contribution in [0.5, 0.6) is 0 Å². The summed E-state index contributed by atoms with van der Waals surface area (Å²) in [6.45, 7) is 6.48. The first-order valence-corrected chi connectivity index (χ1v) is 5.43. The molecule has 0 aromatic heterocycles. The third kappa shape index (κ3) is 3.96. The third-order valence-electron chi connectivity index (χ3n) is 1.97. The Bertz CT molecular complexity index is 251. The van der Waals surface area contributed by atoms with Gasteiger partial charge in [0.25, 0.3) is 0 Å². The van der Waals surface area contributed by atoms with Crippen LogP contribution in [-0.2, 0) is 5.41 Å². The molecule has 70 valence electrons. The van der Waals surface area contributed by atoms with E-state index in [1.807, 2.05) is 24.3 Å². The molecule has 1 rings (SSSR count). The molecular formula is C10H14BrFMg. The molecule has 0 radical (unpaired) electrons. The van der Waals surface area contributed by atoms with Crippen molar-refractivity contribution in [3.8, 4) is 0 Å². The summed E-state index contributed by atoms with van der Waals surface area (Å²) in [5.41, 5.74) is 1.45. The van der Waals surface area contributed by atoms with E-state index >= 15 is 0 Å². The second kappa shape index (κ2) is 5.32. The van der Waals surface area contributed by atoms with Crippen molar-refractivity contribution < 1.29 is 2.96 Å². The minimum absolute atomic E-state index is 0. The van der Waals surface area contributed by atoms with Crippen LogP contribution in [0.2, 0.25) is 0 Å². The minimum atomic E-state index is -1.47. The highest BCUT2D eigenvalue weighted by Gasteiger charge is 2.12. The maximum atomic E-state index is 12.3. The Morgan fingerprint density at radius 3 is 1.85 bits per heavy atom. The van der Waals surface area contributed by atoms with E-state index in [9.17, 15) is 2.96 Å². The number of rotatable bonds is 1. The monoisotopic (exact) mass is 256 g/mol. The number of hydrogen-bond donors (Lipinski definition) is 0. The molecule has 0 saturated heterocycles. The van der Waals surface area contributed by atoms with E-state index in [2.05, 4.69) is 20.8 Å². The maximum absolute atomic E-state index is 12.3. The number of halogens is 2. The van der Waals surface area contributed by atoms with Gasteiger partial charge in [0.2, 0.25) is 0 Å². The van der Waals surface area contributed by atoms with Gasteiger partial charge in [0.05, 0.1) is 0 Å². The van der Waals surface area contributed by atoms with Crippen molar-refractivity contribution in [2.75, 3.05) is 0 Å². The van der Waals surface area contributed by atoms with Crippen LogP contribution in [0.3, 0.4) is 0 Å². The van der Waals surface area contributed by atoms with E-state index in [4.69, 9.17) is 0 Å². The summed E-state index contributed by atoms with van der Waals surface area (Å²) in [6.07, 6.45) is 0. The lowest BCUT2D eigenvalue weighted by atomic mass is 9.87. The van der Waals surface area contributed by atoms with E-state index in [-0.39, 0.29) is 22.4 Å². The molecule has 0 spiro atoms. The van der Waals surface area contributed by atoms with Crippen LogP contribution in [0.15, 0.2) is 24.3 Å². The Labute approximate surface area is 100 Å². The average Bonchev–Trinajstić information content (AvgIpc) is 2.03. The van der Waals surface area contributed by atoms with Gasteiger partial charge in [-0.15, -0.1) is 20.7 Å². The average molecular weight is 257 g/mol.